The largest absolute Gasteiger partial charge is 0.473 e. The van der Waals surface area contributed by atoms with Gasteiger partial charge in [0.25, 0.3) is 5.91 Å². The Balaban J connectivity index is 1.22. The third-order valence-corrected chi connectivity index (χ3v) is 5.72. The highest BCUT2D eigenvalue weighted by molar-refractivity contribution is 5.95. The van der Waals surface area contributed by atoms with Crippen LogP contribution in [0.15, 0.2) is 12.4 Å². The van der Waals surface area contributed by atoms with Crippen LogP contribution in [0.25, 0.3) is 0 Å². The van der Waals surface area contributed by atoms with Crippen LogP contribution in [0.4, 0.5) is 0 Å². The Bertz CT molecular complexity index is 874. The van der Waals surface area contributed by atoms with Crippen molar-refractivity contribution in [2.45, 2.75) is 50.7 Å². The first-order valence-corrected chi connectivity index (χ1v) is 9.57. The van der Waals surface area contributed by atoms with E-state index in [-0.39, 0.29) is 17.6 Å². The maximum atomic E-state index is 12.8. The molecular formula is C19H23N5O3. The molecule has 0 aromatic carbocycles. The second kappa shape index (κ2) is 6.30. The van der Waals surface area contributed by atoms with E-state index in [2.05, 4.69) is 20.2 Å². The van der Waals surface area contributed by atoms with Crippen LogP contribution in [0, 0.1) is 6.92 Å². The van der Waals surface area contributed by atoms with Gasteiger partial charge < -0.3 is 14.4 Å². The zero-order chi connectivity index (χ0) is 18.4. The number of amides is 1. The van der Waals surface area contributed by atoms with Crippen LogP contribution in [0.2, 0.25) is 0 Å². The lowest BCUT2D eigenvalue weighted by atomic mass is 9.84. The van der Waals surface area contributed by atoms with E-state index in [1.165, 1.54) is 0 Å². The molecule has 1 unspecified atom stereocenters. The molecule has 1 atom stereocenters. The van der Waals surface area contributed by atoms with Crippen LogP contribution in [0.3, 0.4) is 0 Å². The summed E-state index contributed by atoms with van der Waals surface area (Å²) in [5.41, 5.74) is 3.34. The Morgan fingerprint density at radius 3 is 3.11 bits per heavy atom. The summed E-state index contributed by atoms with van der Waals surface area (Å²) in [7, 11) is 0. The first kappa shape index (κ1) is 16.7. The molecule has 3 aliphatic rings. The summed E-state index contributed by atoms with van der Waals surface area (Å²) in [6.07, 6.45) is 7.98. The van der Waals surface area contributed by atoms with E-state index < -0.39 is 0 Å². The van der Waals surface area contributed by atoms with Crippen LogP contribution in [0.5, 0.6) is 5.88 Å². The number of aryl methyl sites for hydroxylation is 2. The topological polar surface area (TPSA) is 93.2 Å². The van der Waals surface area contributed by atoms with Crippen molar-refractivity contribution in [3.63, 3.8) is 0 Å². The number of rotatable bonds is 3. The molecule has 1 aliphatic carbocycles. The summed E-state index contributed by atoms with van der Waals surface area (Å²) in [5.74, 6) is 0.563. The molecule has 0 radical (unpaired) electrons. The van der Waals surface area contributed by atoms with E-state index in [9.17, 15) is 4.79 Å². The van der Waals surface area contributed by atoms with E-state index in [4.69, 9.17) is 9.47 Å². The lowest BCUT2D eigenvalue weighted by molar-refractivity contribution is -0.174. The molecule has 2 saturated heterocycles. The molecule has 2 aromatic heterocycles. The summed E-state index contributed by atoms with van der Waals surface area (Å²) < 4.78 is 12.1. The summed E-state index contributed by atoms with van der Waals surface area (Å²) >= 11 is 0. The van der Waals surface area contributed by atoms with E-state index in [0.29, 0.717) is 31.3 Å². The molecule has 27 heavy (non-hydrogen) atoms. The van der Waals surface area contributed by atoms with E-state index in [1.54, 1.807) is 12.4 Å². The van der Waals surface area contributed by atoms with Gasteiger partial charge in [0.2, 0.25) is 5.88 Å². The number of hydrogen-bond acceptors (Lipinski definition) is 6. The van der Waals surface area contributed by atoms with Crippen molar-refractivity contribution < 1.29 is 14.3 Å². The number of nitrogens with zero attached hydrogens (tertiary/aromatic N) is 4. The van der Waals surface area contributed by atoms with Gasteiger partial charge in [0.1, 0.15) is 11.7 Å². The fourth-order valence-electron chi connectivity index (χ4n) is 4.41. The summed E-state index contributed by atoms with van der Waals surface area (Å²) in [6.45, 7) is 3.70. The number of hydrogen-bond donors (Lipinski definition) is 1. The molecule has 4 heterocycles. The van der Waals surface area contributed by atoms with Crippen LogP contribution in [0.1, 0.15) is 46.7 Å². The summed E-state index contributed by atoms with van der Waals surface area (Å²) in [6, 6.07) is 0. The molecule has 142 valence electrons. The fourth-order valence-corrected chi connectivity index (χ4v) is 4.41. The lowest BCUT2D eigenvalue weighted by Crippen LogP contribution is -2.67. The Hall–Kier alpha value is -2.48. The normalized spacial score (nSPS) is 23.1. The van der Waals surface area contributed by atoms with Crippen molar-refractivity contribution in [2.75, 3.05) is 19.7 Å². The van der Waals surface area contributed by atoms with Gasteiger partial charge in [-0.25, -0.2) is 4.98 Å². The van der Waals surface area contributed by atoms with Crippen molar-refractivity contribution in [1.29, 1.82) is 0 Å². The highest BCUT2D eigenvalue weighted by atomic mass is 16.5. The van der Waals surface area contributed by atoms with Crippen LogP contribution in [-0.4, -0.2) is 62.4 Å². The lowest BCUT2D eigenvalue weighted by Gasteiger charge is -2.52. The van der Waals surface area contributed by atoms with Gasteiger partial charge in [-0.3, -0.25) is 14.9 Å². The molecule has 0 saturated carbocycles. The number of likely N-dealkylation sites (tertiary alicyclic amines) is 1. The third-order valence-electron chi connectivity index (χ3n) is 5.72. The predicted octanol–water partition coefficient (Wildman–Crippen LogP) is 1.45. The second-order valence-electron chi connectivity index (χ2n) is 7.81. The zero-order valence-electron chi connectivity index (χ0n) is 15.4. The van der Waals surface area contributed by atoms with Crippen molar-refractivity contribution in [1.82, 2.24) is 25.1 Å². The van der Waals surface area contributed by atoms with Gasteiger partial charge in [-0.1, -0.05) is 0 Å². The molecule has 1 spiro atoms. The van der Waals surface area contributed by atoms with Gasteiger partial charge in [0.15, 0.2) is 5.69 Å². The molecule has 8 heteroatoms. The number of ether oxygens (including phenoxy) is 2. The van der Waals surface area contributed by atoms with Gasteiger partial charge in [-0.05, 0) is 26.2 Å². The average Bonchev–Trinajstić information content (AvgIpc) is 3.23. The van der Waals surface area contributed by atoms with Gasteiger partial charge in [0.05, 0.1) is 31.6 Å². The number of H-pyrrole nitrogens is 1. The van der Waals surface area contributed by atoms with E-state index >= 15 is 0 Å². The number of nitrogens with one attached hydrogen (secondary N) is 1. The number of carbonyl (C=O) groups is 1. The molecule has 5 rings (SSSR count). The molecule has 1 N–H and O–H groups in total. The molecule has 1 amide bonds. The second-order valence-corrected chi connectivity index (χ2v) is 7.81. The number of aromatic nitrogens is 4. The Kier molecular flexibility index (Phi) is 3.89. The quantitative estimate of drug-likeness (QED) is 0.880. The molecule has 2 aliphatic heterocycles. The predicted molar refractivity (Wildman–Crippen MR) is 95.6 cm³/mol. The molecule has 2 aromatic rings. The first-order chi connectivity index (χ1) is 13.1. The number of aromatic amines is 1. The van der Waals surface area contributed by atoms with Gasteiger partial charge in [-0.2, -0.15) is 5.10 Å². The monoisotopic (exact) mass is 369 g/mol. The molecule has 2 fully saturated rings. The van der Waals surface area contributed by atoms with Crippen molar-refractivity contribution in [3.05, 3.63) is 35.0 Å². The van der Waals surface area contributed by atoms with Crippen molar-refractivity contribution in [3.8, 4) is 5.88 Å². The average molecular weight is 369 g/mol. The molecule has 8 nitrogen and oxygen atoms in total. The van der Waals surface area contributed by atoms with E-state index in [1.807, 2.05) is 11.8 Å². The summed E-state index contributed by atoms with van der Waals surface area (Å²) in [4.78, 5) is 23.2. The highest BCUT2D eigenvalue weighted by Crippen LogP contribution is 2.37. The SMILES string of the molecule is Cc1cncc(OC2CCOC3(C2)CN(C(=O)c2n[nH]c4c2CCC4)C3)n1. The smallest absolute Gasteiger partial charge is 0.274 e. The number of carbonyl (C=O) groups excluding carboxylic acids is 1. The fraction of sp³-hybridized carbons (Fsp3) is 0.579. The van der Waals surface area contributed by atoms with E-state index in [0.717, 1.165) is 49.1 Å². The van der Waals surface area contributed by atoms with Crippen LogP contribution < -0.4 is 4.74 Å². The van der Waals surface area contributed by atoms with Gasteiger partial charge in [-0.15, -0.1) is 0 Å². The van der Waals surface area contributed by atoms with Crippen molar-refractivity contribution in [2.24, 2.45) is 0 Å². The van der Waals surface area contributed by atoms with Gasteiger partial charge >= 0.3 is 0 Å². The molecular weight excluding hydrogens is 346 g/mol. The minimum atomic E-state index is -0.310. The van der Waals surface area contributed by atoms with Crippen LogP contribution in [-0.2, 0) is 17.6 Å². The maximum absolute atomic E-state index is 12.8. The van der Waals surface area contributed by atoms with Crippen LogP contribution >= 0.6 is 0 Å². The minimum absolute atomic E-state index is 0.0104. The first-order valence-electron chi connectivity index (χ1n) is 9.57. The van der Waals surface area contributed by atoms with Gasteiger partial charge in [0, 0.05) is 30.3 Å². The Labute approximate surface area is 157 Å². The standard InChI is InChI=1S/C19H23N5O3/c1-12-8-20-9-16(21-12)27-13-5-6-26-19(7-13)10-24(11-19)18(25)17-14-3-2-4-15(14)22-23-17/h8-9,13H,2-7,10-11H2,1H3,(H,22,23). The Morgan fingerprint density at radius 1 is 1.37 bits per heavy atom. The highest BCUT2D eigenvalue weighted by Gasteiger charge is 2.50. The third kappa shape index (κ3) is 2.97. The number of fused-ring (bicyclic) bond motifs is 1. The Morgan fingerprint density at radius 2 is 2.26 bits per heavy atom. The minimum Gasteiger partial charge on any atom is -0.473 e. The molecule has 0 bridgehead atoms. The zero-order valence-corrected chi connectivity index (χ0v) is 15.4. The maximum Gasteiger partial charge on any atom is 0.274 e. The summed E-state index contributed by atoms with van der Waals surface area (Å²) in [5, 5.41) is 7.27. The van der Waals surface area contributed by atoms with Crippen molar-refractivity contribution >= 4 is 5.91 Å².